The summed E-state index contributed by atoms with van der Waals surface area (Å²) in [6, 6.07) is 6.34. The topological polar surface area (TPSA) is 49.6 Å². The van der Waals surface area contributed by atoms with Crippen LogP contribution in [0.2, 0.25) is 0 Å². The zero-order valence-electron chi connectivity index (χ0n) is 15.6. The van der Waals surface area contributed by atoms with Gasteiger partial charge in [-0.05, 0) is 49.5 Å². The minimum Gasteiger partial charge on any atom is -0.333 e. The van der Waals surface area contributed by atoms with E-state index in [1.807, 2.05) is 30.8 Å². The minimum atomic E-state index is 0.0887. The number of nitrogens with two attached hydrogens (primary N) is 1. The fourth-order valence-electron chi connectivity index (χ4n) is 3.38. The first-order valence-electron chi connectivity index (χ1n) is 8.92. The second-order valence-corrected chi connectivity index (χ2v) is 8.23. The largest absolute Gasteiger partial charge is 0.333 e. The molecule has 2 rings (SSSR count). The average molecular weight is 382 g/mol. The van der Waals surface area contributed by atoms with E-state index < -0.39 is 0 Å². The first-order valence-corrected chi connectivity index (χ1v) is 11.0. The van der Waals surface area contributed by atoms with E-state index in [1.54, 1.807) is 0 Å². The lowest BCUT2D eigenvalue weighted by molar-refractivity contribution is 0.0440. The van der Waals surface area contributed by atoms with E-state index in [-0.39, 0.29) is 18.0 Å². The van der Waals surface area contributed by atoms with Crippen LogP contribution in [0.25, 0.3) is 0 Å². The van der Waals surface area contributed by atoms with Gasteiger partial charge in [0, 0.05) is 49.6 Å². The first kappa shape index (κ1) is 20.6. The van der Waals surface area contributed by atoms with Crippen molar-refractivity contribution in [3.63, 3.8) is 0 Å². The third-order valence-corrected chi connectivity index (χ3v) is 6.16. The summed E-state index contributed by atoms with van der Waals surface area (Å²) in [6.07, 6.45) is 3.14. The van der Waals surface area contributed by atoms with Crippen molar-refractivity contribution < 1.29 is 4.79 Å². The standard InChI is InChI=1S/C19H31N3OS2/c1-14-5-4-6-18(15(14)2)19(23)22-9-8-21(11-16(20)13-24)12-17(22)7-10-25-3/h4-6,16-17,24H,7-13,20H2,1-3H3/t16-,17+/m1/s1. The predicted octanol–water partition coefficient (Wildman–Crippen LogP) is 2.44. The van der Waals surface area contributed by atoms with Crippen LogP contribution in [0, 0.1) is 13.8 Å². The molecule has 0 spiro atoms. The van der Waals surface area contributed by atoms with Crippen LogP contribution < -0.4 is 5.73 Å². The van der Waals surface area contributed by atoms with E-state index in [9.17, 15) is 4.79 Å². The molecule has 0 unspecified atom stereocenters. The number of thiol groups is 1. The molecule has 0 saturated carbocycles. The number of amides is 1. The number of benzene rings is 1. The van der Waals surface area contributed by atoms with Gasteiger partial charge in [-0.15, -0.1) is 0 Å². The van der Waals surface area contributed by atoms with E-state index in [0.717, 1.165) is 49.5 Å². The molecule has 4 nitrogen and oxygen atoms in total. The lowest BCUT2D eigenvalue weighted by atomic mass is 10.0. The summed E-state index contributed by atoms with van der Waals surface area (Å²) in [7, 11) is 0. The van der Waals surface area contributed by atoms with Gasteiger partial charge >= 0.3 is 0 Å². The molecule has 1 heterocycles. The van der Waals surface area contributed by atoms with Gasteiger partial charge < -0.3 is 10.6 Å². The normalized spacial score (nSPS) is 19.9. The molecular formula is C19H31N3OS2. The first-order chi connectivity index (χ1) is 12.0. The maximum absolute atomic E-state index is 13.2. The lowest BCUT2D eigenvalue weighted by Crippen LogP contribution is -2.57. The summed E-state index contributed by atoms with van der Waals surface area (Å²) in [4.78, 5) is 17.7. The summed E-state index contributed by atoms with van der Waals surface area (Å²) in [6.45, 7) is 7.51. The van der Waals surface area contributed by atoms with Crippen LogP contribution in [0.4, 0.5) is 0 Å². The Morgan fingerprint density at radius 2 is 2.16 bits per heavy atom. The van der Waals surface area contributed by atoms with Crippen molar-refractivity contribution in [2.45, 2.75) is 32.4 Å². The molecule has 1 fully saturated rings. The molecule has 140 valence electrons. The summed E-state index contributed by atoms with van der Waals surface area (Å²) in [5, 5.41) is 0. The summed E-state index contributed by atoms with van der Waals surface area (Å²) in [5.74, 6) is 1.93. The monoisotopic (exact) mass is 381 g/mol. The third kappa shape index (κ3) is 5.39. The molecule has 2 N–H and O–H groups in total. The Morgan fingerprint density at radius 1 is 1.40 bits per heavy atom. The predicted molar refractivity (Wildman–Crippen MR) is 112 cm³/mol. The molecule has 25 heavy (non-hydrogen) atoms. The van der Waals surface area contributed by atoms with Gasteiger partial charge in [0.1, 0.15) is 0 Å². The highest BCUT2D eigenvalue weighted by Crippen LogP contribution is 2.21. The van der Waals surface area contributed by atoms with Gasteiger partial charge in [0.15, 0.2) is 0 Å². The second-order valence-electron chi connectivity index (χ2n) is 6.88. The van der Waals surface area contributed by atoms with E-state index in [0.29, 0.717) is 5.75 Å². The number of carbonyl (C=O) groups excluding carboxylic acids is 1. The van der Waals surface area contributed by atoms with Crippen molar-refractivity contribution in [1.82, 2.24) is 9.80 Å². The second kappa shape index (κ2) is 9.86. The molecule has 1 aromatic carbocycles. The van der Waals surface area contributed by atoms with Gasteiger partial charge in [0.25, 0.3) is 5.91 Å². The van der Waals surface area contributed by atoms with E-state index in [4.69, 9.17) is 5.73 Å². The Hall–Kier alpha value is -0.690. The minimum absolute atomic E-state index is 0.0887. The van der Waals surface area contributed by atoms with Crippen LogP contribution in [0.1, 0.15) is 27.9 Å². The van der Waals surface area contributed by atoms with Crippen molar-refractivity contribution in [3.8, 4) is 0 Å². The Morgan fingerprint density at radius 3 is 2.84 bits per heavy atom. The quantitative estimate of drug-likeness (QED) is 0.712. The van der Waals surface area contributed by atoms with Crippen LogP contribution >= 0.6 is 24.4 Å². The molecule has 1 aliphatic heterocycles. The number of carbonyl (C=O) groups is 1. The summed E-state index contributed by atoms with van der Waals surface area (Å²) < 4.78 is 0. The fraction of sp³-hybridized carbons (Fsp3) is 0.632. The number of hydrogen-bond donors (Lipinski definition) is 2. The molecule has 1 saturated heterocycles. The Kier molecular flexibility index (Phi) is 8.13. The molecule has 0 radical (unpaired) electrons. The molecule has 0 aromatic heterocycles. The number of hydrogen-bond acceptors (Lipinski definition) is 5. The number of rotatable bonds is 7. The van der Waals surface area contributed by atoms with Gasteiger partial charge in [-0.2, -0.15) is 24.4 Å². The Bertz CT molecular complexity index is 582. The average Bonchev–Trinajstić information content (AvgIpc) is 2.61. The number of aryl methyl sites for hydroxylation is 1. The fourth-order valence-corrected chi connectivity index (χ4v) is 4.00. The number of nitrogens with zero attached hydrogens (tertiary/aromatic N) is 2. The maximum Gasteiger partial charge on any atom is 0.254 e. The van der Waals surface area contributed by atoms with Crippen LogP contribution in [-0.2, 0) is 0 Å². The smallest absolute Gasteiger partial charge is 0.254 e. The Labute approximate surface area is 161 Å². The van der Waals surface area contributed by atoms with E-state index in [2.05, 4.69) is 41.7 Å². The molecule has 2 atom stereocenters. The summed E-state index contributed by atoms with van der Waals surface area (Å²) in [5.41, 5.74) is 9.18. The van der Waals surface area contributed by atoms with Gasteiger partial charge in [0.05, 0.1) is 0 Å². The highest BCUT2D eigenvalue weighted by molar-refractivity contribution is 7.98. The van der Waals surface area contributed by atoms with Crippen LogP contribution in [0.5, 0.6) is 0 Å². The summed E-state index contributed by atoms with van der Waals surface area (Å²) >= 11 is 6.13. The number of piperazine rings is 1. The molecule has 1 aliphatic rings. The van der Waals surface area contributed by atoms with Crippen LogP contribution in [0.15, 0.2) is 18.2 Å². The lowest BCUT2D eigenvalue weighted by Gasteiger charge is -2.42. The zero-order valence-corrected chi connectivity index (χ0v) is 17.3. The SMILES string of the molecule is CSCC[C@H]1CN(C[C@@H](N)CS)CCN1C(=O)c1cccc(C)c1C. The molecule has 0 aliphatic carbocycles. The molecule has 6 heteroatoms. The maximum atomic E-state index is 13.2. The van der Waals surface area contributed by atoms with E-state index in [1.165, 1.54) is 5.56 Å². The third-order valence-electron chi connectivity index (χ3n) is 5.05. The van der Waals surface area contributed by atoms with Crippen molar-refractivity contribution >= 4 is 30.3 Å². The molecule has 1 amide bonds. The van der Waals surface area contributed by atoms with Gasteiger partial charge in [-0.25, -0.2) is 0 Å². The van der Waals surface area contributed by atoms with E-state index >= 15 is 0 Å². The molecule has 0 bridgehead atoms. The van der Waals surface area contributed by atoms with Crippen molar-refractivity contribution in [1.29, 1.82) is 0 Å². The highest BCUT2D eigenvalue weighted by atomic mass is 32.2. The zero-order chi connectivity index (χ0) is 18.4. The number of thioether (sulfide) groups is 1. The van der Waals surface area contributed by atoms with Crippen molar-refractivity contribution in [3.05, 3.63) is 34.9 Å². The van der Waals surface area contributed by atoms with Crippen LogP contribution in [-0.4, -0.2) is 71.7 Å². The molecule has 1 aromatic rings. The van der Waals surface area contributed by atoms with Gasteiger partial charge in [-0.1, -0.05) is 12.1 Å². The Balaban J connectivity index is 2.14. The van der Waals surface area contributed by atoms with Gasteiger partial charge in [-0.3, -0.25) is 9.69 Å². The van der Waals surface area contributed by atoms with Crippen molar-refractivity contribution in [2.24, 2.45) is 5.73 Å². The highest BCUT2D eigenvalue weighted by Gasteiger charge is 2.31. The molecular weight excluding hydrogens is 350 g/mol. The van der Waals surface area contributed by atoms with Crippen molar-refractivity contribution in [2.75, 3.05) is 43.9 Å². The van der Waals surface area contributed by atoms with Gasteiger partial charge in [0.2, 0.25) is 0 Å². The van der Waals surface area contributed by atoms with Crippen LogP contribution in [0.3, 0.4) is 0 Å².